The Morgan fingerprint density at radius 3 is 2.48 bits per heavy atom. The van der Waals surface area contributed by atoms with Gasteiger partial charge in [0.05, 0.1) is 13.1 Å². The summed E-state index contributed by atoms with van der Waals surface area (Å²) < 4.78 is 56.3. The lowest BCUT2D eigenvalue weighted by atomic mass is 10.1. The molecule has 2 amide bonds. The molecule has 0 radical (unpaired) electrons. The Labute approximate surface area is 177 Å². The fourth-order valence-electron chi connectivity index (χ4n) is 2.58. The first-order valence-electron chi connectivity index (χ1n) is 9.40. The van der Waals surface area contributed by atoms with Crippen molar-refractivity contribution < 1.29 is 31.9 Å². The van der Waals surface area contributed by atoms with Gasteiger partial charge in [-0.15, -0.1) is 0 Å². The van der Waals surface area contributed by atoms with Gasteiger partial charge in [-0.2, -0.15) is 13.2 Å². The number of nitrogens with one attached hydrogen (secondary N) is 3. The summed E-state index contributed by atoms with van der Waals surface area (Å²) in [6, 6.07) is 9.48. The van der Waals surface area contributed by atoms with Crippen molar-refractivity contribution in [2.24, 2.45) is 0 Å². The van der Waals surface area contributed by atoms with Crippen molar-refractivity contribution in [3.05, 3.63) is 58.9 Å². The first-order chi connectivity index (χ1) is 14.5. The summed E-state index contributed by atoms with van der Waals surface area (Å²) in [6.07, 6.45) is -4.58. The number of rotatable bonds is 9. The lowest BCUT2D eigenvalue weighted by molar-refractivity contribution is -0.123. The number of hydrogen-bond acceptors (Lipinski definition) is 4. The van der Waals surface area contributed by atoms with E-state index in [2.05, 4.69) is 10.6 Å². The molecule has 0 unspecified atom stereocenters. The van der Waals surface area contributed by atoms with Crippen LogP contribution < -0.4 is 20.7 Å². The maximum Gasteiger partial charge on any atom is 0.405 e. The van der Waals surface area contributed by atoms with Crippen molar-refractivity contribution >= 4 is 17.5 Å². The SMILES string of the molecule is Cc1cccc(OCCNC(=O)CNc2cc(C(=O)NCC(F)(F)F)cc(F)c2C)c1. The molecule has 0 saturated heterocycles. The standard InChI is InChI=1S/C21H23F4N3O3/c1-13-4-3-5-16(8-13)31-7-6-26-19(29)11-27-18-10-15(9-17(22)14(18)2)20(30)28-12-21(23,24)25/h3-5,8-10,27H,6-7,11-12H2,1-2H3,(H,26,29)(H,28,30). The number of halogens is 4. The molecule has 2 aromatic rings. The van der Waals surface area contributed by atoms with E-state index in [0.29, 0.717) is 5.75 Å². The molecule has 0 spiro atoms. The molecule has 0 aliphatic carbocycles. The normalized spacial score (nSPS) is 11.0. The van der Waals surface area contributed by atoms with E-state index in [-0.39, 0.29) is 36.5 Å². The molecule has 0 aromatic heterocycles. The van der Waals surface area contributed by atoms with E-state index in [0.717, 1.165) is 11.6 Å². The highest BCUT2D eigenvalue weighted by Crippen LogP contribution is 2.21. The van der Waals surface area contributed by atoms with Crippen LogP contribution in [-0.2, 0) is 4.79 Å². The molecule has 3 N–H and O–H groups in total. The maximum absolute atomic E-state index is 14.1. The number of carbonyl (C=O) groups excluding carboxylic acids is 2. The second-order valence-corrected chi connectivity index (χ2v) is 6.80. The number of alkyl halides is 3. The van der Waals surface area contributed by atoms with Gasteiger partial charge >= 0.3 is 6.18 Å². The fraction of sp³-hybridized carbons (Fsp3) is 0.333. The van der Waals surface area contributed by atoms with Crippen LogP contribution in [-0.4, -0.2) is 44.2 Å². The van der Waals surface area contributed by atoms with Gasteiger partial charge < -0.3 is 20.7 Å². The minimum absolute atomic E-state index is 0.128. The van der Waals surface area contributed by atoms with E-state index in [4.69, 9.17) is 4.74 Å². The average Bonchev–Trinajstić information content (AvgIpc) is 2.70. The highest BCUT2D eigenvalue weighted by molar-refractivity contribution is 5.95. The lowest BCUT2D eigenvalue weighted by Gasteiger charge is -2.14. The summed E-state index contributed by atoms with van der Waals surface area (Å²) >= 11 is 0. The lowest BCUT2D eigenvalue weighted by Crippen LogP contribution is -2.34. The molecule has 31 heavy (non-hydrogen) atoms. The van der Waals surface area contributed by atoms with Crippen LogP contribution in [0.3, 0.4) is 0 Å². The van der Waals surface area contributed by atoms with Gasteiger partial charge in [-0.3, -0.25) is 9.59 Å². The summed E-state index contributed by atoms with van der Waals surface area (Å²) in [4.78, 5) is 23.8. The Balaban J connectivity index is 1.85. The fourth-order valence-corrected chi connectivity index (χ4v) is 2.58. The number of benzene rings is 2. The largest absolute Gasteiger partial charge is 0.492 e. The van der Waals surface area contributed by atoms with Crippen LogP contribution in [0.25, 0.3) is 0 Å². The monoisotopic (exact) mass is 441 g/mol. The summed E-state index contributed by atoms with van der Waals surface area (Å²) in [5.41, 5.74) is 1.01. The zero-order valence-corrected chi connectivity index (χ0v) is 17.0. The third kappa shape index (κ3) is 8.15. The second-order valence-electron chi connectivity index (χ2n) is 6.80. The maximum atomic E-state index is 14.1. The van der Waals surface area contributed by atoms with Gasteiger partial charge in [0.2, 0.25) is 5.91 Å². The minimum atomic E-state index is -4.58. The van der Waals surface area contributed by atoms with Gasteiger partial charge in [0.25, 0.3) is 5.91 Å². The van der Waals surface area contributed by atoms with Crippen molar-refractivity contribution in [1.82, 2.24) is 10.6 Å². The van der Waals surface area contributed by atoms with Gasteiger partial charge in [-0.1, -0.05) is 12.1 Å². The first-order valence-corrected chi connectivity index (χ1v) is 9.40. The van der Waals surface area contributed by atoms with Crippen LogP contribution in [0.15, 0.2) is 36.4 Å². The van der Waals surface area contributed by atoms with Crippen molar-refractivity contribution in [3.63, 3.8) is 0 Å². The van der Waals surface area contributed by atoms with Gasteiger partial charge in [0, 0.05) is 16.8 Å². The number of aryl methyl sites for hydroxylation is 1. The Morgan fingerprint density at radius 2 is 1.81 bits per heavy atom. The molecule has 0 aliphatic rings. The molecule has 6 nitrogen and oxygen atoms in total. The van der Waals surface area contributed by atoms with Crippen molar-refractivity contribution in [2.75, 3.05) is 31.6 Å². The molecular weight excluding hydrogens is 418 g/mol. The number of hydrogen-bond donors (Lipinski definition) is 3. The van der Waals surface area contributed by atoms with Crippen LogP contribution >= 0.6 is 0 Å². The molecule has 0 heterocycles. The Morgan fingerprint density at radius 1 is 1.06 bits per heavy atom. The van der Waals surface area contributed by atoms with E-state index < -0.39 is 30.4 Å². The number of carbonyl (C=O) groups is 2. The zero-order valence-electron chi connectivity index (χ0n) is 17.0. The first kappa shape index (κ1) is 24.0. The summed E-state index contributed by atoms with van der Waals surface area (Å²) in [6.45, 7) is 2.08. The van der Waals surface area contributed by atoms with Gasteiger partial charge in [0.1, 0.15) is 24.7 Å². The molecule has 0 bridgehead atoms. The topological polar surface area (TPSA) is 79.5 Å². The van der Waals surface area contributed by atoms with E-state index in [9.17, 15) is 27.2 Å². The van der Waals surface area contributed by atoms with Gasteiger partial charge in [-0.05, 0) is 43.7 Å². The number of amides is 2. The highest BCUT2D eigenvalue weighted by Gasteiger charge is 2.28. The smallest absolute Gasteiger partial charge is 0.405 e. The van der Waals surface area contributed by atoms with Crippen LogP contribution in [0.1, 0.15) is 21.5 Å². The Hall–Kier alpha value is -3.30. The summed E-state index contributed by atoms with van der Waals surface area (Å²) in [5.74, 6) is -1.58. The predicted octanol–water partition coefficient (Wildman–Crippen LogP) is 3.34. The quantitative estimate of drug-likeness (QED) is 0.412. The highest BCUT2D eigenvalue weighted by atomic mass is 19.4. The molecule has 10 heteroatoms. The summed E-state index contributed by atoms with van der Waals surface area (Å²) in [7, 11) is 0. The predicted molar refractivity (Wildman–Crippen MR) is 108 cm³/mol. The van der Waals surface area contributed by atoms with Crippen LogP contribution in [0.4, 0.5) is 23.2 Å². The Kier molecular flexibility index (Phi) is 8.23. The average molecular weight is 441 g/mol. The van der Waals surface area contributed by atoms with Crippen molar-refractivity contribution in [1.29, 1.82) is 0 Å². The third-order valence-corrected chi connectivity index (χ3v) is 4.18. The number of anilines is 1. The molecule has 168 valence electrons. The van der Waals surface area contributed by atoms with E-state index in [1.807, 2.05) is 25.1 Å². The van der Waals surface area contributed by atoms with E-state index >= 15 is 0 Å². The van der Waals surface area contributed by atoms with Gasteiger partial charge in [0.15, 0.2) is 0 Å². The van der Waals surface area contributed by atoms with Crippen LogP contribution in [0.5, 0.6) is 5.75 Å². The summed E-state index contributed by atoms with van der Waals surface area (Å²) in [5, 5.41) is 6.99. The van der Waals surface area contributed by atoms with Crippen molar-refractivity contribution in [2.45, 2.75) is 20.0 Å². The molecule has 2 rings (SSSR count). The zero-order chi connectivity index (χ0) is 23.0. The molecule has 0 saturated carbocycles. The molecule has 0 atom stereocenters. The van der Waals surface area contributed by atoms with Crippen LogP contribution in [0.2, 0.25) is 0 Å². The van der Waals surface area contributed by atoms with Crippen molar-refractivity contribution in [3.8, 4) is 5.75 Å². The van der Waals surface area contributed by atoms with E-state index in [1.165, 1.54) is 13.0 Å². The molecule has 2 aromatic carbocycles. The molecule has 0 fully saturated rings. The number of ether oxygens (including phenoxy) is 1. The van der Waals surface area contributed by atoms with E-state index in [1.54, 1.807) is 11.4 Å². The molecule has 0 aliphatic heterocycles. The third-order valence-electron chi connectivity index (χ3n) is 4.18. The second kappa shape index (κ2) is 10.6. The van der Waals surface area contributed by atoms with Gasteiger partial charge in [-0.25, -0.2) is 4.39 Å². The Bertz CT molecular complexity index is 933. The van der Waals surface area contributed by atoms with Crippen LogP contribution in [0, 0.1) is 19.7 Å². The minimum Gasteiger partial charge on any atom is -0.492 e. The molecular formula is C21H23F4N3O3.